The molecule has 1 aromatic heterocycles. The average Bonchev–Trinajstić information content (AvgIpc) is 2.65. The highest BCUT2D eigenvalue weighted by Gasteiger charge is 2.26. The van der Waals surface area contributed by atoms with Crippen LogP contribution < -0.4 is 0 Å². The molecule has 1 aliphatic heterocycles. The third-order valence-corrected chi connectivity index (χ3v) is 3.01. The van der Waals surface area contributed by atoms with Crippen LogP contribution in [-0.2, 0) is 0 Å². The van der Waals surface area contributed by atoms with Crippen molar-refractivity contribution in [1.29, 1.82) is 0 Å². The van der Waals surface area contributed by atoms with Crippen LogP contribution in [0.4, 0.5) is 0 Å². The minimum Gasteiger partial charge on any atom is -0.337 e. The van der Waals surface area contributed by atoms with Crippen LogP contribution in [0.15, 0.2) is 18.3 Å². The van der Waals surface area contributed by atoms with Gasteiger partial charge in [0.25, 0.3) is 5.91 Å². The standard InChI is InChI=1S/C11H13ClN2O/c1-8-10(3-2-5-13-8)11(15)14-6-4-9(12)7-14/h2-3,5,9H,4,6-7H2,1H3. The van der Waals surface area contributed by atoms with E-state index in [0.717, 1.165) is 18.7 Å². The Bertz CT molecular complexity index is 381. The average molecular weight is 225 g/mol. The Labute approximate surface area is 94.1 Å². The molecule has 2 heterocycles. The smallest absolute Gasteiger partial charge is 0.255 e. The van der Waals surface area contributed by atoms with Gasteiger partial charge in [0.05, 0.1) is 10.9 Å². The number of hydrogen-bond donors (Lipinski definition) is 0. The molecule has 1 aliphatic rings. The lowest BCUT2D eigenvalue weighted by atomic mass is 10.2. The van der Waals surface area contributed by atoms with Crippen LogP contribution in [-0.4, -0.2) is 34.3 Å². The number of aromatic nitrogens is 1. The molecule has 1 atom stereocenters. The fourth-order valence-corrected chi connectivity index (χ4v) is 2.05. The monoisotopic (exact) mass is 224 g/mol. The Kier molecular flexibility index (Phi) is 2.91. The SMILES string of the molecule is Cc1ncccc1C(=O)N1CCC(Cl)C1. The Morgan fingerprint density at radius 2 is 2.47 bits per heavy atom. The maximum atomic E-state index is 12.0. The van der Waals surface area contributed by atoms with E-state index in [1.165, 1.54) is 0 Å². The van der Waals surface area contributed by atoms with Crippen molar-refractivity contribution in [2.75, 3.05) is 13.1 Å². The minimum absolute atomic E-state index is 0.0451. The molecule has 1 fully saturated rings. The van der Waals surface area contributed by atoms with Crippen LogP contribution in [0, 0.1) is 6.92 Å². The van der Waals surface area contributed by atoms with E-state index in [1.807, 2.05) is 13.0 Å². The number of carbonyl (C=O) groups excluding carboxylic acids is 1. The third-order valence-electron chi connectivity index (χ3n) is 2.66. The lowest BCUT2D eigenvalue weighted by molar-refractivity contribution is 0.0792. The zero-order valence-corrected chi connectivity index (χ0v) is 9.37. The number of hydrogen-bond acceptors (Lipinski definition) is 2. The molecule has 15 heavy (non-hydrogen) atoms. The highest BCUT2D eigenvalue weighted by molar-refractivity contribution is 6.21. The summed E-state index contributed by atoms with van der Waals surface area (Å²) in [7, 11) is 0. The van der Waals surface area contributed by atoms with Crippen molar-refractivity contribution in [2.24, 2.45) is 0 Å². The molecule has 0 spiro atoms. The Hall–Kier alpha value is -1.09. The quantitative estimate of drug-likeness (QED) is 0.682. The van der Waals surface area contributed by atoms with E-state index < -0.39 is 0 Å². The van der Waals surface area contributed by atoms with Crippen molar-refractivity contribution in [3.05, 3.63) is 29.6 Å². The Morgan fingerprint density at radius 1 is 1.67 bits per heavy atom. The topological polar surface area (TPSA) is 33.2 Å². The van der Waals surface area contributed by atoms with Gasteiger partial charge in [0.1, 0.15) is 0 Å². The second kappa shape index (κ2) is 4.19. The van der Waals surface area contributed by atoms with Crippen LogP contribution in [0.1, 0.15) is 22.5 Å². The predicted molar refractivity (Wildman–Crippen MR) is 59.1 cm³/mol. The molecule has 0 bridgehead atoms. The summed E-state index contributed by atoms with van der Waals surface area (Å²) in [6.45, 7) is 3.25. The maximum absolute atomic E-state index is 12.0. The van der Waals surface area contributed by atoms with Gasteiger partial charge in [-0.2, -0.15) is 0 Å². The molecule has 1 saturated heterocycles. The van der Waals surface area contributed by atoms with Gasteiger partial charge in [-0.3, -0.25) is 9.78 Å². The van der Waals surface area contributed by atoms with Gasteiger partial charge in [-0.05, 0) is 25.5 Å². The first-order valence-electron chi connectivity index (χ1n) is 5.03. The van der Waals surface area contributed by atoms with Crippen molar-refractivity contribution in [1.82, 2.24) is 9.88 Å². The molecule has 0 N–H and O–H groups in total. The second-order valence-corrected chi connectivity index (χ2v) is 4.39. The number of rotatable bonds is 1. The van der Waals surface area contributed by atoms with E-state index in [1.54, 1.807) is 17.2 Å². The maximum Gasteiger partial charge on any atom is 0.255 e. The van der Waals surface area contributed by atoms with Crippen molar-refractivity contribution in [3.63, 3.8) is 0 Å². The molecule has 1 unspecified atom stereocenters. The largest absolute Gasteiger partial charge is 0.337 e. The first-order valence-corrected chi connectivity index (χ1v) is 5.47. The van der Waals surface area contributed by atoms with E-state index in [4.69, 9.17) is 11.6 Å². The number of alkyl halides is 1. The second-order valence-electron chi connectivity index (χ2n) is 3.77. The summed E-state index contributed by atoms with van der Waals surface area (Å²) in [5, 5.41) is 0.103. The summed E-state index contributed by atoms with van der Waals surface area (Å²) < 4.78 is 0. The van der Waals surface area contributed by atoms with Gasteiger partial charge >= 0.3 is 0 Å². The summed E-state index contributed by atoms with van der Waals surface area (Å²) in [6, 6.07) is 3.60. The number of carbonyl (C=O) groups is 1. The molecule has 1 aromatic rings. The number of nitrogens with zero attached hydrogens (tertiary/aromatic N) is 2. The number of halogens is 1. The van der Waals surface area contributed by atoms with E-state index in [2.05, 4.69) is 4.98 Å². The first-order chi connectivity index (χ1) is 7.18. The number of pyridine rings is 1. The van der Waals surface area contributed by atoms with E-state index >= 15 is 0 Å². The number of aryl methyl sites for hydroxylation is 1. The molecule has 2 rings (SSSR count). The molecular formula is C11H13ClN2O. The molecule has 3 nitrogen and oxygen atoms in total. The zero-order chi connectivity index (χ0) is 10.8. The van der Waals surface area contributed by atoms with Gasteiger partial charge in [-0.15, -0.1) is 11.6 Å². The summed E-state index contributed by atoms with van der Waals surface area (Å²) >= 11 is 5.97. The van der Waals surface area contributed by atoms with Crippen molar-refractivity contribution in [3.8, 4) is 0 Å². The van der Waals surface area contributed by atoms with E-state index in [-0.39, 0.29) is 11.3 Å². The minimum atomic E-state index is 0.0451. The van der Waals surface area contributed by atoms with Crippen LogP contribution in [0.5, 0.6) is 0 Å². The van der Waals surface area contributed by atoms with E-state index in [9.17, 15) is 4.79 Å². The summed E-state index contributed by atoms with van der Waals surface area (Å²) in [4.78, 5) is 17.9. The lowest BCUT2D eigenvalue weighted by Gasteiger charge is -2.16. The molecular weight excluding hydrogens is 212 g/mol. The number of amides is 1. The van der Waals surface area contributed by atoms with Gasteiger partial charge in [-0.1, -0.05) is 0 Å². The normalized spacial score (nSPS) is 20.7. The van der Waals surface area contributed by atoms with Crippen LogP contribution >= 0.6 is 11.6 Å². The van der Waals surface area contributed by atoms with Crippen LogP contribution in [0.3, 0.4) is 0 Å². The summed E-state index contributed by atoms with van der Waals surface area (Å²) in [5.41, 5.74) is 1.46. The predicted octanol–water partition coefficient (Wildman–Crippen LogP) is 1.84. The third kappa shape index (κ3) is 2.12. The van der Waals surface area contributed by atoms with Crippen molar-refractivity contribution in [2.45, 2.75) is 18.7 Å². The van der Waals surface area contributed by atoms with Gasteiger partial charge in [0.2, 0.25) is 0 Å². The van der Waals surface area contributed by atoms with Gasteiger partial charge in [0.15, 0.2) is 0 Å². The highest BCUT2D eigenvalue weighted by atomic mass is 35.5. The van der Waals surface area contributed by atoms with Crippen molar-refractivity contribution >= 4 is 17.5 Å². The number of likely N-dealkylation sites (tertiary alicyclic amines) is 1. The zero-order valence-electron chi connectivity index (χ0n) is 8.61. The van der Waals surface area contributed by atoms with Gasteiger partial charge in [-0.25, -0.2) is 0 Å². The fourth-order valence-electron chi connectivity index (χ4n) is 1.78. The Balaban J connectivity index is 2.18. The highest BCUT2D eigenvalue weighted by Crippen LogP contribution is 2.18. The molecule has 4 heteroatoms. The molecule has 0 saturated carbocycles. The van der Waals surface area contributed by atoms with Crippen LogP contribution in [0.2, 0.25) is 0 Å². The Morgan fingerprint density at radius 3 is 3.07 bits per heavy atom. The summed E-state index contributed by atoms with van der Waals surface area (Å²) in [6.07, 6.45) is 2.58. The van der Waals surface area contributed by atoms with E-state index in [0.29, 0.717) is 12.1 Å². The van der Waals surface area contributed by atoms with Crippen molar-refractivity contribution < 1.29 is 4.79 Å². The first kappa shape index (κ1) is 10.4. The summed E-state index contributed by atoms with van der Waals surface area (Å²) in [5.74, 6) is 0.0451. The lowest BCUT2D eigenvalue weighted by Crippen LogP contribution is -2.29. The molecule has 0 aromatic carbocycles. The van der Waals surface area contributed by atoms with Gasteiger partial charge in [0, 0.05) is 25.0 Å². The van der Waals surface area contributed by atoms with Crippen LogP contribution in [0.25, 0.3) is 0 Å². The molecule has 80 valence electrons. The molecule has 0 radical (unpaired) electrons. The molecule has 0 aliphatic carbocycles. The van der Waals surface area contributed by atoms with Gasteiger partial charge < -0.3 is 4.90 Å². The fraction of sp³-hybridized carbons (Fsp3) is 0.455. The molecule has 1 amide bonds.